The fourth-order valence-corrected chi connectivity index (χ4v) is 3.76. The number of hydrogen-bond donors (Lipinski definition) is 2. The molecule has 1 aromatic carbocycles. The van der Waals surface area contributed by atoms with Gasteiger partial charge in [-0.2, -0.15) is 0 Å². The monoisotopic (exact) mass is 361 g/mol. The number of nitrogens with two attached hydrogens (primary N) is 1. The van der Waals surface area contributed by atoms with Crippen molar-refractivity contribution in [3.8, 4) is 0 Å². The van der Waals surface area contributed by atoms with E-state index in [1.54, 1.807) is 11.3 Å². The Kier molecular flexibility index (Phi) is 7.08. The van der Waals surface area contributed by atoms with E-state index in [4.69, 9.17) is 5.73 Å². The molecule has 1 heterocycles. The summed E-state index contributed by atoms with van der Waals surface area (Å²) < 4.78 is 1.13. The average Bonchev–Trinajstić information content (AvgIpc) is 3.00. The molecule has 0 aliphatic rings. The van der Waals surface area contributed by atoms with Gasteiger partial charge in [-0.15, -0.1) is 11.3 Å². The predicted octanol–water partition coefficient (Wildman–Crippen LogP) is 3.02. The van der Waals surface area contributed by atoms with Crippen LogP contribution in [-0.4, -0.2) is 29.8 Å². The minimum Gasteiger partial charge on any atom is -0.355 e. The number of hydrogen-bond acceptors (Lipinski definition) is 5. The Morgan fingerprint density at radius 2 is 2.08 bits per heavy atom. The predicted molar refractivity (Wildman–Crippen MR) is 103 cm³/mol. The average molecular weight is 362 g/mol. The zero-order chi connectivity index (χ0) is 18.4. The van der Waals surface area contributed by atoms with Crippen molar-refractivity contribution in [2.45, 2.75) is 46.0 Å². The summed E-state index contributed by atoms with van der Waals surface area (Å²) >= 11 is 1.61. The zero-order valence-corrected chi connectivity index (χ0v) is 16.0. The third kappa shape index (κ3) is 5.34. The molecule has 6 heteroatoms. The van der Waals surface area contributed by atoms with Gasteiger partial charge in [0.15, 0.2) is 0 Å². The lowest BCUT2D eigenvalue weighted by atomic mass is 9.97. The van der Waals surface area contributed by atoms with Crippen LogP contribution in [0.2, 0.25) is 0 Å². The van der Waals surface area contributed by atoms with E-state index in [1.807, 2.05) is 13.0 Å². The number of nitrogens with one attached hydrogen (secondary N) is 1. The summed E-state index contributed by atoms with van der Waals surface area (Å²) in [6, 6.07) is 6.30. The quantitative estimate of drug-likeness (QED) is 0.719. The van der Waals surface area contributed by atoms with Gasteiger partial charge in [-0.3, -0.25) is 9.59 Å². The maximum atomic E-state index is 12.4. The molecule has 0 aliphatic heterocycles. The number of aromatic nitrogens is 1. The number of benzene rings is 1. The second kappa shape index (κ2) is 9.06. The first-order valence-corrected chi connectivity index (χ1v) is 9.65. The van der Waals surface area contributed by atoms with Crippen LogP contribution in [0.4, 0.5) is 0 Å². The normalized spacial score (nSPS) is 12.5. The molecular formula is C19H27N3O2S. The van der Waals surface area contributed by atoms with Gasteiger partial charge >= 0.3 is 0 Å². The van der Waals surface area contributed by atoms with E-state index in [1.165, 1.54) is 5.56 Å². The highest BCUT2D eigenvalue weighted by atomic mass is 32.1. The Morgan fingerprint density at radius 3 is 2.72 bits per heavy atom. The van der Waals surface area contributed by atoms with Crippen LogP contribution in [0.25, 0.3) is 10.2 Å². The smallest absolute Gasteiger partial charge is 0.224 e. The molecule has 5 nitrogen and oxygen atoms in total. The van der Waals surface area contributed by atoms with E-state index < -0.39 is 0 Å². The number of fused-ring (bicyclic) bond motifs is 1. The molecule has 136 valence electrons. The molecule has 0 aliphatic carbocycles. The van der Waals surface area contributed by atoms with Gasteiger partial charge in [0.05, 0.1) is 21.1 Å². The maximum absolute atomic E-state index is 12.4. The van der Waals surface area contributed by atoms with Crippen molar-refractivity contribution in [1.29, 1.82) is 0 Å². The number of amides is 1. The molecule has 0 radical (unpaired) electrons. The summed E-state index contributed by atoms with van der Waals surface area (Å²) in [7, 11) is 0. The molecule has 3 N–H and O–H groups in total. The lowest BCUT2D eigenvalue weighted by Crippen LogP contribution is -2.36. The molecule has 1 atom stereocenters. The Bertz CT molecular complexity index is 739. The van der Waals surface area contributed by atoms with Gasteiger partial charge < -0.3 is 11.1 Å². The van der Waals surface area contributed by atoms with Crippen LogP contribution in [-0.2, 0) is 16.0 Å². The molecular weight excluding hydrogens is 334 g/mol. The highest BCUT2D eigenvalue weighted by molar-refractivity contribution is 7.18. The molecule has 1 amide bonds. The first-order chi connectivity index (χ1) is 11.9. The minimum absolute atomic E-state index is 0.0936. The molecule has 0 bridgehead atoms. The Morgan fingerprint density at radius 1 is 1.32 bits per heavy atom. The molecule has 0 fully saturated rings. The number of carbonyl (C=O) groups is 2. The van der Waals surface area contributed by atoms with Gasteiger partial charge in [-0.1, -0.05) is 26.8 Å². The Hall–Kier alpha value is -1.79. The van der Waals surface area contributed by atoms with E-state index in [-0.39, 0.29) is 24.0 Å². The summed E-state index contributed by atoms with van der Waals surface area (Å²) in [5.41, 5.74) is 7.68. The first kappa shape index (κ1) is 19.5. The molecule has 0 saturated carbocycles. The molecule has 0 unspecified atom stereocenters. The number of nitrogens with zero attached hydrogens (tertiary/aromatic N) is 1. The summed E-state index contributed by atoms with van der Waals surface area (Å²) in [5, 5.41) is 3.70. The van der Waals surface area contributed by atoms with Crippen LogP contribution < -0.4 is 11.1 Å². The number of ketones is 1. The highest BCUT2D eigenvalue weighted by Gasteiger charge is 2.23. The molecule has 0 saturated heterocycles. The highest BCUT2D eigenvalue weighted by Crippen LogP contribution is 2.28. The number of rotatable bonds is 9. The molecule has 0 spiro atoms. The topological polar surface area (TPSA) is 85.1 Å². The maximum Gasteiger partial charge on any atom is 0.224 e. The summed E-state index contributed by atoms with van der Waals surface area (Å²) in [5.74, 6) is 0.0570. The van der Waals surface area contributed by atoms with Gasteiger partial charge in [0, 0.05) is 32.4 Å². The lowest BCUT2D eigenvalue weighted by Gasteiger charge is -2.14. The van der Waals surface area contributed by atoms with Gasteiger partial charge in [-0.25, -0.2) is 4.98 Å². The third-order valence-corrected chi connectivity index (χ3v) is 5.27. The molecule has 2 aromatic rings. The molecule has 1 aromatic heterocycles. The Balaban J connectivity index is 2.20. The summed E-state index contributed by atoms with van der Waals surface area (Å²) in [6.07, 6.45) is 1.18. The van der Waals surface area contributed by atoms with E-state index in [9.17, 15) is 9.59 Å². The second-order valence-corrected chi connectivity index (χ2v) is 7.68. The van der Waals surface area contributed by atoms with Crippen molar-refractivity contribution in [2.75, 3.05) is 13.1 Å². The second-order valence-electron chi connectivity index (χ2n) is 6.57. The van der Waals surface area contributed by atoms with Gasteiger partial charge in [0.2, 0.25) is 5.91 Å². The standard InChI is InChI=1S/C19H27N3O2S/c1-4-15(23)9-14(19(24)21-8-7-20)11-18-22-16-6-5-13(12(2)3)10-17(16)25-18/h5-6,10,12,14H,4,7-9,11,20H2,1-3H3,(H,21,24)/t14-/m0/s1. The van der Waals surface area contributed by atoms with Crippen LogP contribution in [0.3, 0.4) is 0 Å². The number of Topliss-reactive ketones (excluding diaryl/α,β-unsaturated/α-hetero) is 1. The zero-order valence-electron chi connectivity index (χ0n) is 15.2. The first-order valence-electron chi connectivity index (χ1n) is 8.83. The lowest BCUT2D eigenvalue weighted by molar-refractivity contribution is -0.129. The van der Waals surface area contributed by atoms with E-state index >= 15 is 0 Å². The van der Waals surface area contributed by atoms with Crippen LogP contribution >= 0.6 is 11.3 Å². The van der Waals surface area contributed by atoms with Gasteiger partial charge in [-0.05, 0) is 23.6 Å². The van der Waals surface area contributed by atoms with Crippen molar-refractivity contribution in [3.05, 3.63) is 28.8 Å². The largest absolute Gasteiger partial charge is 0.355 e. The minimum atomic E-state index is -0.385. The number of carbonyl (C=O) groups excluding carboxylic acids is 2. The van der Waals surface area contributed by atoms with Crippen LogP contribution in [0.1, 0.15) is 50.1 Å². The van der Waals surface area contributed by atoms with Crippen molar-refractivity contribution in [2.24, 2.45) is 11.7 Å². The molecule has 2 rings (SSSR count). The van der Waals surface area contributed by atoms with Crippen molar-refractivity contribution >= 4 is 33.2 Å². The summed E-state index contributed by atoms with van der Waals surface area (Å²) in [6.45, 7) is 6.96. The van der Waals surface area contributed by atoms with E-state index in [0.29, 0.717) is 31.8 Å². The molecule has 25 heavy (non-hydrogen) atoms. The fourth-order valence-electron chi connectivity index (χ4n) is 2.66. The number of thiazole rings is 1. The third-order valence-electron chi connectivity index (χ3n) is 4.23. The van der Waals surface area contributed by atoms with Crippen molar-refractivity contribution in [3.63, 3.8) is 0 Å². The van der Waals surface area contributed by atoms with Gasteiger partial charge in [0.25, 0.3) is 0 Å². The van der Waals surface area contributed by atoms with Crippen molar-refractivity contribution < 1.29 is 9.59 Å². The van der Waals surface area contributed by atoms with E-state index in [0.717, 1.165) is 15.2 Å². The van der Waals surface area contributed by atoms with Crippen LogP contribution in [0.15, 0.2) is 18.2 Å². The van der Waals surface area contributed by atoms with E-state index in [2.05, 4.69) is 36.3 Å². The van der Waals surface area contributed by atoms with Crippen LogP contribution in [0.5, 0.6) is 0 Å². The fraction of sp³-hybridized carbons (Fsp3) is 0.526. The SMILES string of the molecule is CCC(=O)C[C@@H](Cc1nc2ccc(C(C)C)cc2s1)C(=O)NCCN. The summed E-state index contributed by atoms with van der Waals surface area (Å²) in [4.78, 5) is 28.9. The van der Waals surface area contributed by atoms with Gasteiger partial charge in [0.1, 0.15) is 5.78 Å². The van der Waals surface area contributed by atoms with Crippen molar-refractivity contribution in [1.82, 2.24) is 10.3 Å². The van der Waals surface area contributed by atoms with Crippen LogP contribution in [0, 0.1) is 5.92 Å². The Labute approximate surface area is 153 Å².